The smallest absolute Gasteiger partial charge is 0.125 e. The maximum absolute atomic E-state index is 5.64. The van der Waals surface area contributed by atoms with Crippen LogP contribution in [0, 0.1) is 13.8 Å². The van der Waals surface area contributed by atoms with Gasteiger partial charge in [-0.3, -0.25) is 0 Å². The molecule has 0 radical (unpaired) electrons. The number of benzene rings is 1. The standard InChI is InChI=1S/C18H28O/c1-6-8-9-11-16(10-7-2)17-13-14(3)12-15(4)18(17)19-5/h8-9,12-13,16H,6-7,10-11H2,1-5H3/b9-8-. The number of hydrogen-bond donors (Lipinski definition) is 0. The van der Waals surface area contributed by atoms with Crippen molar-refractivity contribution in [1.82, 2.24) is 0 Å². The van der Waals surface area contributed by atoms with Crippen molar-refractivity contribution in [2.24, 2.45) is 0 Å². The summed E-state index contributed by atoms with van der Waals surface area (Å²) in [6.07, 6.45) is 9.23. The molecule has 1 heteroatoms. The molecule has 0 aromatic heterocycles. The average Bonchev–Trinajstić information content (AvgIpc) is 2.37. The second-order valence-electron chi connectivity index (χ2n) is 5.31. The number of methoxy groups -OCH3 is 1. The summed E-state index contributed by atoms with van der Waals surface area (Å²) in [5.41, 5.74) is 3.95. The van der Waals surface area contributed by atoms with Gasteiger partial charge in [-0.15, -0.1) is 0 Å². The highest BCUT2D eigenvalue weighted by atomic mass is 16.5. The Balaban J connectivity index is 3.09. The van der Waals surface area contributed by atoms with Crippen LogP contribution in [0.3, 0.4) is 0 Å². The van der Waals surface area contributed by atoms with E-state index in [1.165, 1.54) is 29.5 Å². The number of rotatable bonds is 7. The third kappa shape index (κ3) is 4.41. The summed E-state index contributed by atoms with van der Waals surface area (Å²) in [6.45, 7) is 8.75. The molecule has 0 spiro atoms. The summed E-state index contributed by atoms with van der Waals surface area (Å²) in [7, 11) is 1.78. The maximum atomic E-state index is 5.64. The van der Waals surface area contributed by atoms with E-state index in [1.807, 2.05) is 0 Å². The molecule has 0 saturated carbocycles. The van der Waals surface area contributed by atoms with Crippen LogP contribution in [-0.4, -0.2) is 7.11 Å². The van der Waals surface area contributed by atoms with Gasteiger partial charge in [-0.25, -0.2) is 0 Å². The molecule has 106 valence electrons. The highest BCUT2D eigenvalue weighted by molar-refractivity contribution is 5.46. The molecule has 1 unspecified atom stereocenters. The van der Waals surface area contributed by atoms with Gasteiger partial charge in [-0.05, 0) is 50.2 Å². The molecule has 0 heterocycles. The van der Waals surface area contributed by atoms with E-state index < -0.39 is 0 Å². The summed E-state index contributed by atoms with van der Waals surface area (Å²) in [5.74, 6) is 1.65. The van der Waals surface area contributed by atoms with Crippen molar-refractivity contribution in [2.45, 2.75) is 59.3 Å². The predicted molar refractivity (Wildman–Crippen MR) is 84.2 cm³/mol. The summed E-state index contributed by atoms with van der Waals surface area (Å²) in [5, 5.41) is 0. The quantitative estimate of drug-likeness (QED) is 0.584. The minimum atomic E-state index is 0.571. The zero-order valence-corrected chi connectivity index (χ0v) is 13.1. The fourth-order valence-corrected chi connectivity index (χ4v) is 2.75. The number of ether oxygens (including phenoxy) is 1. The van der Waals surface area contributed by atoms with Crippen molar-refractivity contribution < 1.29 is 4.74 Å². The minimum Gasteiger partial charge on any atom is -0.496 e. The lowest BCUT2D eigenvalue weighted by molar-refractivity contribution is 0.400. The Labute approximate surface area is 118 Å². The van der Waals surface area contributed by atoms with Crippen LogP contribution in [0.25, 0.3) is 0 Å². The van der Waals surface area contributed by atoms with Crippen molar-refractivity contribution in [1.29, 1.82) is 0 Å². The lowest BCUT2D eigenvalue weighted by Gasteiger charge is -2.20. The van der Waals surface area contributed by atoms with E-state index in [9.17, 15) is 0 Å². The topological polar surface area (TPSA) is 9.23 Å². The van der Waals surface area contributed by atoms with Gasteiger partial charge >= 0.3 is 0 Å². The molecule has 1 nitrogen and oxygen atoms in total. The van der Waals surface area contributed by atoms with Crippen LogP contribution in [-0.2, 0) is 0 Å². The molecule has 0 saturated heterocycles. The van der Waals surface area contributed by atoms with Crippen molar-refractivity contribution >= 4 is 0 Å². The first-order valence-electron chi connectivity index (χ1n) is 7.44. The van der Waals surface area contributed by atoms with Crippen LogP contribution >= 0.6 is 0 Å². The molecular weight excluding hydrogens is 232 g/mol. The van der Waals surface area contributed by atoms with Gasteiger partial charge in [0.1, 0.15) is 5.75 Å². The van der Waals surface area contributed by atoms with Crippen LogP contribution in [0.2, 0.25) is 0 Å². The lowest BCUT2D eigenvalue weighted by atomic mass is 9.88. The van der Waals surface area contributed by atoms with Gasteiger partial charge < -0.3 is 4.74 Å². The number of allylic oxidation sites excluding steroid dienone is 2. The van der Waals surface area contributed by atoms with Gasteiger partial charge in [0.15, 0.2) is 0 Å². The van der Waals surface area contributed by atoms with E-state index in [1.54, 1.807) is 7.11 Å². The maximum Gasteiger partial charge on any atom is 0.125 e. The van der Waals surface area contributed by atoms with Gasteiger partial charge in [-0.2, -0.15) is 0 Å². The Morgan fingerprint density at radius 2 is 1.89 bits per heavy atom. The van der Waals surface area contributed by atoms with Gasteiger partial charge in [0.2, 0.25) is 0 Å². The van der Waals surface area contributed by atoms with E-state index in [0.29, 0.717) is 5.92 Å². The van der Waals surface area contributed by atoms with E-state index >= 15 is 0 Å². The van der Waals surface area contributed by atoms with Crippen LogP contribution < -0.4 is 4.74 Å². The van der Waals surface area contributed by atoms with Crippen LogP contribution in [0.4, 0.5) is 0 Å². The molecule has 0 bridgehead atoms. The molecule has 19 heavy (non-hydrogen) atoms. The summed E-state index contributed by atoms with van der Waals surface area (Å²) in [4.78, 5) is 0. The van der Waals surface area contributed by atoms with Crippen molar-refractivity contribution in [3.63, 3.8) is 0 Å². The van der Waals surface area contributed by atoms with Gasteiger partial charge in [-0.1, -0.05) is 50.1 Å². The number of aryl methyl sites for hydroxylation is 2. The second-order valence-corrected chi connectivity index (χ2v) is 5.31. The molecule has 0 aliphatic heterocycles. The first-order chi connectivity index (χ1) is 9.13. The first kappa shape index (κ1) is 15.8. The molecule has 0 amide bonds. The summed E-state index contributed by atoms with van der Waals surface area (Å²) >= 11 is 0. The van der Waals surface area contributed by atoms with Crippen LogP contribution in [0.15, 0.2) is 24.3 Å². The van der Waals surface area contributed by atoms with E-state index in [-0.39, 0.29) is 0 Å². The normalized spacial score (nSPS) is 12.9. The van der Waals surface area contributed by atoms with Crippen molar-refractivity contribution in [2.75, 3.05) is 7.11 Å². The van der Waals surface area contributed by atoms with Gasteiger partial charge in [0.25, 0.3) is 0 Å². The Hall–Kier alpha value is -1.24. The molecule has 0 fully saturated rings. The zero-order valence-electron chi connectivity index (χ0n) is 13.1. The van der Waals surface area contributed by atoms with E-state index in [4.69, 9.17) is 4.74 Å². The molecule has 1 aromatic carbocycles. The Kier molecular flexibility index (Phi) is 6.69. The lowest BCUT2D eigenvalue weighted by Crippen LogP contribution is -2.03. The third-order valence-corrected chi connectivity index (χ3v) is 3.55. The summed E-state index contributed by atoms with van der Waals surface area (Å²) < 4.78 is 5.64. The van der Waals surface area contributed by atoms with Crippen LogP contribution in [0.5, 0.6) is 5.75 Å². The molecule has 0 aliphatic carbocycles. The first-order valence-corrected chi connectivity index (χ1v) is 7.44. The zero-order chi connectivity index (χ0) is 14.3. The average molecular weight is 260 g/mol. The minimum absolute atomic E-state index is 0.571. The molecule has 1 aromatic rings. The van der Waals surface area contributed by atoms with Crippen molar-refractivity contribution in [3.05, 3.63) is 41.0 Å². The van der Waals surface area contributed by atoms with E-state index in [2.05, 4.69) is 52.0 Å². The molecule has 0 aliphatic rings. The molecule has 0 N–H and O–H groups in total. The SMILES string of the molecule is CC/C=C\CC(CCC)c1cc(C)cc(C)c1OC. The van der Waals surface area contributed by atoms with Crippen LogP contribution in [0.1, 0.15) is 62.1 Å². The Morgan fingerprint density at radius 3 is 2.47 bits per heavy atom. The largest absolute Gasteiger partial charge is 0.496 e. The summed E-state index contributed by atoms with van der Waals surface area (Å²) in [6, 6.07) is 4.50. The van der Waals surface area contributed by atoms with Crippen molar-refractivity contribution in [3.8, 4) is 5.75 Å². The number of hydrogen-bond acceptors (Lipinski definition) is 1. The molecule has 1 rings (SSSR count). The fraction of sp³-hybridized carbons (Fsp3) is 0.556. The van der Waals surface area contributed by atoms with Gasteiger partial charge in [0, 0.05) is 0 Å². The van der Waals surface area contributed by atoms with Gasteiger partial charge in [0.05, 0.1) is 7.11 Å². The molecule has 1 atom stereocenters. The predicted octanol–water partition coefficient (Wildman–Crippen LogP) is 5.55. The van der Waals surface area contributed by atoms with E-state index in [0.717, 1.165) is 18.6 Å². The second kappa shape index (κ2) is 8.04. The third-order valence-electron chi connectivity index (χ3n) is 3.55. The monoisotopic (exact) mass is 260 g/mol. The highest BCUT2D eigenvalue weighted by Crippen LogP contribution is 2.35. The Morgan fingerprint density at radius 1 is 1.16 bits per heavy atom. The fourth-order valence-electron chi connectivity index (χ4n) is 2.75. The highest BCUT2D eigenvalue weighted by Gasteiger charge is 2.16. The molecular formula is C18H28O. The Bertz CT molecular complexity index is 418.